The van der Waals surface area contributed by atoms with Gasteiger partial charge in [0.2, 0.25) is 0 Å². The highest BCUT2D eigenvalue weighted by atomic mass is 32.2. The number of likely N-dealkylation sites (tertiary alicyclic amines) is 1. The Labute approximate surface area is 169 Å². The summed E-state index contributed by atoms with van der Waals surface area (Å²) in [5.41, 5.74) is 3.18. The van der Waals surface area contributed by atoms with E-state index in [1.54, 1.807) is 12.1 Å². The average molecular weight is 400 g/mol. The van der Waals surface area contributed by atoms with Crippen molar-refractivity contribution in [3.05, 3.63) is 53.5 Å². The van der Waals surface area contributed by atoms with Crippen LogP contribution in [0.25, 0.3) is 0 Å². The second-order valence-electron chi connectivity index (χ2n) is 7.44. The monoisotopic (exact) mass is 399 g/mol. The first-order chi connectivity index (χ1) is 13.5. The molecule has 28 heavy (non-hydrogen) atoms. The Morgan fingerprint density at radius 2 is 1.89 bits per heavy atom. The number of amides is 3. The third kappa shape index (κ3) is 3.51. The minimum atomic E-state index is -0.235. The Bertz CT molecular complexity index is 873. The Morgan fingerprint density at radius 3 is 2.57 bits per heavy atom. The summed E-state index contributed by atoms with van der Waals surface area (Å²) in [6.07, 6.45) is 3.07. The molecule has 0 saturated carbocycles. The summed E-state index contributed by atoms with van der Waals surface area (Å²) in [6.45, 7) is 6.08. The largest absolute Gasteiger partial charge is 0.459 e. The first kappa shape index (κ1) is 18.9. The van der Waals surface area contributed by atoms with Gasteiger partial charge in [0.15, 0.2) is 5.76 Å². The molecule has 0 bridgehead atoms. The SMILES string of the molecule is Cc1ccc(NC(=O)N2CCC3(CC2)SCCN3C(=O)c2ccco2)cc1C. The van der Waals surface area contributed by atoms with Crippen molar-refractivity contribution in [2.75, 3.05) is 30.7 Å². The van der Waals surface area contributed by atoms with Crippen LogP contribution in [0.4, 0.5) is 10.5 Å². The Morgan fingerprint density at radius 1 is 1.11 bits per heavy atom. The predicted molar refractivity (Wildman–Crippen MR) is 111 cm³/mol. The summed E-state index contributed by atoms with van der Waals surface area (Å²) < 4.78 is 5.31. The molecule has 0 unspecified atom stereocenters. The molecule has 2 fully saturated rings. The number of thioether (sulfide) groups is 1. The number of nitrogens with one attached hydrogen (secondary N) is 1. The van der Waals surface area contributed by atoms with E-state index in [1.165, 1.54) is 11.8 Å². The van der Waals surface area contributed by atoms with Crippen LogP contribution in [0.1, 0.15) is 34.5 Å². The van der Waals surface area contributed by atoms with Crippen LogP contribution in [0, 0.1) is 13.8 Å². The van der Waals surface area contributed by atoms with E-state index in [0.717, 1.165) is 36.4 Å². The number of carbonyl (C=O) groups excluding carboxylic acids is 2. The molecule has 0 atom stereocenters. The summed E-state index contributed by atoms with van der Waals surface area (Å²) in [6, 6.07) is 9.32. The molecular weight excluding hydrogens is 374 g/mol. The van der Waals surface area contributed by atoms with Gasteiger partial charge in [-0.05, 0) is 62.1 Å². The van der Waals surface area contributed by atoms with Gasteiger partial charge in [0.25, 0.3) is 5.91 Å². The first-order valence-corrected chi connectivity index (χ1v) is 10.6. The summed E-state index contributed by atoms with van der Waals surface area (Å²) in [5.74, 6) is 1.25. The minimum absolute atomic E-state index is 0.0527. The van der Waals surface area contributed by atoms with Crippen LogP contribution in [0.3, 0.4) is 0 Å². The molecule has 1 spiro atoms. The topological polar surface area (TPSA) is 65.8 Å². The fourth-order valence-electron chi connectivity index (χ4n) is 3.92. The molecule has 2 aliphatic rings. The van der Waals surface area contributed by atoms with Gasteiger partial charge in [-0.2, -0.15) is 0 Å². The van der Waals surface area contributed by atoms with E-state index >= 15 is 0 Å². The lowest BCUT2D eigenvalue weighted by atomic mass is 10.0. The van der Waals surface area contributed by atoms with Gasteiger partial charge in [0, 0.05) is 31.1 Å². The lowest BCUT2D eigenvalue weighted by molar-refractivity contribution is 0.0554. The molecule has 148 valence electrons. The van der Waals surface area contributed by atoms with Crippen molar-refractivity contribution in [2.45, 2.75) is 31.6 Å². The van der Waals surface area contributed by atoms with E-state index in [1.807, 2.05) is 46.7 Å². The van der Waals surface area contributed by atoms with Gasteiger partial charge in [0.05, 0.1) is 11.1 Å². The lowest BCUT2D eigenvalue weighted by Crippen LogP contribution is -2.54. The molecule has 0 radical (unpaired) electrons. The summed E-state index contributed by atoms with van der Waals surface area (Å²) in [5, 5.41) is 3.00. The van der Waals surface area contributed by atoms with E-state index < -0.39 is 0 Å². The van der Waals surface area contributed by atoms with Crippen molar-refractivity contribution in [1.29, 1.82) is 0 Å². The zero-order valence-electron chi connectivity index (χ0n) is 16.2. The van der Waals surface area contributed by atoms with E-state index in [4.69, 9.17) is 4.42 Å². The number of furan rings is 1. The number of hydrogen-bond acceptors (Lipinski definition) is 4. The standard InChI is InChI=1S/C21H25N3O3S/c1-15-5-6-17(14-16(15)2)22-20(26)23-9-7-21(8-10-23)24(11-13-28-21)19(25)18-4-3-12-27-18/h3-6,12,14H,7-11,13H2,1-2H3,(H,22,26). The van der Waals surface area contributed by atoms with Gasteiger partial charge >= 0.3 is 6.03 Å². The van der Waals surface area contributed by atoms with Gasteiger partial charge < -0.3 is 19.5 Å². The molecule has 3 amide bonds. The van der Waals surface area contributed by atoms with Crippen LogP contribution in [0.15, 0.2) is 41.0 Å². The number of hydrogen-bond donors (Lipinski definition) is 1. The summed E-state index contributed by atoms with van der Waals surface area (Å²) in [7, 11) is 0. The van der Waals surface area contributed by atoms with E-state index in [9.17, 15) is 9.59 Å². The number of rotatable bonds is 2. The van der Waals surface area contributed by atoms with Gasteiger partial charge in [-0.25, -0.2) is 4.79 Å². The molecule has 2 saturated heterocycles. The van der Waals surface area contributed by atoms with Crippen molar-refractivity contribution in [2.24, 2.45) is 0 Å². The van der Waals surface area contributed by atoms with E-state index in [-0.39, 0.29) is 16.8 Å². The second kappa shape index (κ2) is 7.54. The fourth-order valence-corrected chi connectivity index (χ4v) is 5.38. The van der Waals surface area contributed by atoms with Gasteiger partial charge in [-0.15, -0.1) is 11.8 Å². The van der Waals surface area contributed by atoms with Crippen LogP contribution in [0.5, 0.6) is 0 Å². The van der Waals surface area contributed by atoms with E-state index in [2.05, 4.69) is 12.2 Å². The summed E-state index contributed by atoms with van der Waals surface area (Å²) in [4.78, 5) is 29.1. The number of urea groups is 1. The van der Waals surface area contributed by atoms with Gasteiger partial charge in [0.1, 0.15) is 0 Å². The lowest BCUT2D eigenvalue weighted by Gasteiger charge is -2.43. The second-order valence-corrected chi connectivity index (χ2v) is 8.90. The number of benzene rings is 1. The van der Waals surface area contributed by atoms with Crippen LogP contribution < -0.4 is 5.32 Å². The number of anilines is 1. The maximum Gasteiger partial charge on any atom is 0.321 e. The van der Waals surface area contributed by atoms with E-state index in [0.29, 0.717) is 18.8 Å². The van der Waals surface area contributed by atoms with Gasteiger partial charge in [-0.1, -0.05) is 6.07 Å². The zero-order valence-corrected chi connectivity index (χ0v) is 17.1. The molecule has 7 heteroatoms. The maximum absolute atomic E-state index is 12.8. The molecule has 3 heterocycles. The van der Waals surface area contributed by atoms with Crippen LogP contribution in [-0.2, 0) is 0 Å². The van der Waals surface area contributed by atoms with Crippen LogP contribution in [-0.4, -0.2) is 52.0 Å². The fraction of sp³-hybridized carbons (Fsp3) is 0.429. The molecule has 2 aliphatic heterocycles. The molecule has 2 aromatic rings. The highest BCUT2D eigenvalue weighted by molar-refractivity contribution is 8.00. The Balaban J connectivity index is 1.40. The molecule has 4 rings (SSSR count). The smallest absolute Gasteiger partial charge is 0.321 e. The third-order valence-electron chi connectivity index (χ3n) is 5.74. The van der Waals surface area contributed by atoms with Crippen molar-refractivity contribution in [1.82, 2.24) is 9.80 Å². The average Bonchev–Trinajstić information content (AvgIpc) is 3.35. The van der Waals surface area contributed by atoms with Crippen molar-refractivity contribution < 1.29 is 14.0 Å². The van der Waals surface area contributed by atoms with Crippen molar-refractivity contribution >= 4 is 29.4 Å². The number of carbonyl (C=O) groups is 2. The van der Waals surface area contributed by atoms with Gasteiger partial charge in [-0.3, -0.25) is 4.79 Å². The van der Waals surface area contributed by atoms with Crippen LogP contribution >= 0.6 is 11.8 Å². The third-order valence-corrected chi connectivity index (χ3v) is 7.30. The first-order valence-electron chi connectivity index (χ1n) is 9.61. The van der Waals surface area contributed by atoms with Crippen molar-refractivity contribution in [3.63, 3.8) is 0 Å². The zero-order chi connectivity index (χ0) is 19.7. The maximum atomic E-state index is 12.8. The number of nitrogens with zero attached hydrogens (tertiary/aromatic N) is 2. The predicted octanol–water partition coefficient (Wildman–Crippen LogP) is 4.11. The Hall–Kier alpha value is -2.41. The highest BCUT2D eigenvalue weighted by Gasteiger charge is 2.47. The highest BCUT2D eigenvalue weighted by Crippen LogP contribution is 2.44. The van der Waals surface area contributed by atoms with Crippen LogP contribution in [0.2, 0.25) is 0 Å². The normalized spacial score (nSPS) is 18.5. The van der Waals surface area contributed by atoms with Crippen molar-refractivity contribution in [3.8, 4) is 0 Å². The molecule has 6 nitrogen and oxygen atoms in total. The molecule has 0 aliphatic carbocycles. The minimum Gasteiger partial charge on any atom is -0.459 e. The molecule has 1 aromatic heterocycles. The number of aryl methyl sites for hydroxylation is 2. The number of piperidine rings is 1. The Kier molecular flexibility index (Phi) is 5.10. The summed E-state index contributed by atoms with van der Waals surface area (Å²) >= 11 is 1.83. The molecular formula is C21H25N3O3S. The quantitative estimate of drug-likeness (QED) is 0.825. The molecule has 1 N–H and O–H groups in total. The molecule has 1 aromatic carbocycles.